The minimum atomic E-state index is -0.539. The lowest BCUT2D eigenvalue weighted by molar-refractivity contribution is -0.127. The molecule has 2 N–H and O–H groups in total. The maximum atomic E-state index is 12.3. The van der Waals surface area contributed by atoms with Crippen LogP contribution in [0.1, 0.15) is 49.8 Å². The summed E-state index contributed by atoms with van der Waals surface area (Å²) >= 11 is 0. The highest BCUT2D eigenvalue weighted by Gasteiger charge is 2.17. The van der Waals surface area contributed by atoms with Crippen LogP contribution in [0.5, 0.6) is 11.5 Å². The van der Waals surface area contributed by atoms with E-state index < -0.39 is 6.10 Å². The summed E-state index contributed by atoms with van der Waals surface area (Å²) in [5.74, 6) is 1.29. The maximum Gasteiger partial charge on any atom is 0.260 e. The highest BCUT2D eigenvalue weighted by atomic mass is 16.5. The molecule has 0 fully saturated rings. The second kappa shape index (κ2) is 9.27. The van der Waals surface area contributed by atoms with Gasteiger partial charge in [-0.2, -0.15) is 0 Å². The van der Waals surface area contributed by atoms with E-state index in [0.717, 1.165) is 35.3 Å². The normalized spacial score (nSPS) is 12.0. The fraction of sp³-hybridized carbons (Fsp3) is 0.409. The minimum Gasteiger partial charge on any atom is -0.508 e. The van der Waals surface area contributed by atoms with E-state index in [1.54, 1.807) is 19.1 Å². The monoisotopic (exact) mass is 355 g/mol. The number of carbonyl (C=O) groups is 1. The topological polar surface area (TPSA) is 58.6 Å². The highest BCUT2D eigenvalue weighted by molar-refractivity contribution is 5.80. The number of rotatable bonds is 8. The van der Waals surface area contributed by atoms with Gasteiger partial charge in [-0.1, -0.05) is 38.1 Å². The Morgan fingerprint density at radius 2 is 1.81 bits per heavy atom. The summed E-state index contributed by atoms with van der Waals surface area (Å²) in [4.78, 5) is 12.3. The molecule has 1 amide bonds. The van der Waals surface area contributed by atoms with Crippen LogP contribution in [0.25, 0.3) is 0 Å². The van der Waals surface area contributed by atoms with E-state index in [4.69, 9.17) is 4.74 Å². The number of nitrogens with one attached hydrogen (secondary N) is 1. The van der Waals surface area contributed by atoms with Gasteiger partial charge in [0.15, 0.2) is 6.10 Å². The first kappa shape index (κ1) is 19.8. The first-order valence-electron chi connectivity index (χ1n) is 9.19. The lowest BCUT2D eigenvalue weighted by Gasteiger charge is -2.19. The van der Waals surface area contributed by atoms with Crippen molar-refractivity contribution < 1.29 is 14.6 Å². The van der Waals surface area contributed by atoms with E-state index >= 15 is 0 Å². The Morgan fingerprint density at radius 3 is 2.46 bits per heavy atom. The van der Waals surface area contributed by atoms with Gasteiger partial charge in [0.25, 0.3) is 5.91 Å². The molecule has 0 saturated heterocycles. The molecule has 1 atom stereocenters. The predicted octanol–water partition coefficient (Wildman–Crippen LogP) is 4.34. The van der Waals surface area contributed by atoms with Crippen molar-refractivity contribution in [1.29, 1.82) is 0 Å². The van der Waals surface area contributed by atoms with Crippen LogP contribution < -0.4 is 10.1 Å². The standard InChI is InChI=1S/C22H29NO3/c1-15(2)20-12-7-16(3)14-21(20)26-17(4)22(25)23-13-5-6-18-8-10-19(24)11-9-18/h7-12,14-15,17,24H,5-6,13H2,1-4H3,(H,23,25). The molecule has 0 aliphatic heterocycles. The molecule has 2 aromatic rings. The predicted molar refractivity (Wildman–Crippen MR) is 105 cm³/mol. The SMILES string of the molecule is Cc1ccc(C(C)C)c(OC(C)C(=O)NCCCc2ccc(O)cc2)c1. The highest BCUT2D eigenvalue weighted by Crippen LogP contribution is 2.28. The van der Waals surface area contributed by atoms with E-state index in [1.807, 2.05) is 25.1 Å². The third-order valence-electron chi connectivity index (χ3n) is 4.34. The largest absolute Gasteiger partial charge is 0.508 e. The Morgan fingerprint density at radius 1 is 1.12 bits per heavy atom. The Hall–Kier alpha value is -2.49. The number of benzene rings is 2. The first-order valence-corrected chi connectivity index (χ1v) is 9.19. The van der Waals surface area contributed by atoms with E-state index in [2.05, 4.69) is 31.3 Å². The summed E-state index contributed by atoms with van der Waals surface area (Å²) in [7, 11) is 0. The number of hydrogen-bond donors (Lipinski definition) is 2. The third-order valence-corrected chi connectivity index (χ3v) is 4.34. The van der Waals surface area contributed by atoms with Gasteiger partial charge in [0, 0.05) is 6.54 Å². The number of aryl methyl sites for hydroxylation is 2. The van der Waals surface area contributed by atoms with Crippen molar-refractivity contribution in [3.05, 3.63) is 59.2 Å². The quantitative estimate of drug-likeness (QED) is 0.693. The van der Waals surface area contributed by atoms with Gasteiger partial charge in [-0.25, -0.2) is 0 Å². The van der Waals surface area contributed by atoms with E-state index in [1.165, 1.54) is 0 Å². The molecule has 0 saturated carbocycles. The van der Waals surface area contributed by atoms with Crippen LogP contribution >= 0.6 is 0 Å². The molecule has 2 aromatic carbocycles. The molecule has 0 aliphatic carbocycles. The summed E-state index contributed by atoms with van der Waals surface area (Å²) in [6.07, 6.45) is 1.15. The Balaban J connectivity index is 1.82. The third kappa shape index (κ3) is 5.80. The lowest BCUT2D eigenvalue weighted by atomic mass is 10.0. The summed E-state index contributed by atoms with van der Waals surface area (Å²) in [6, 6.07) is 13.3. The van der Waals surface area contributed by atoms with Gasteiger partial charge in [0.1, 0.15) is 11.5 Å². The van der Waals surface area contributed by atoms with Crippen molar-refractivity contribution in [2.24, 2.45) is 0 Å². The van der Waals surface area contributed by atoms with Gasteiger partial charge in [-0.15, -0.1) is 0 Å². The van der Waals surface area contributed by atoms with Crippen molar-refractivity contribution in [2.75, 3.05) is 6.54 Å². The van der Waals surface area contributed by atoms with Crippen LogP contribution in [-0.4, -0.2) is 23.7 Å². The first-order chi connectivity index (χ1) is 12.4. The van der Waals surface area contributed by atoms with Crippen molar-refractivity contribution in [3.8, 4) is 11.5 Å². The molecule has 4 heteroatoms. The van der Waals surface area contributed by atoms with Crippen LogP contribution in [0.4, 0.5) is 0 Å². The van der Waals surface area contributed by atoms with Crippen LogP contribution in [-0.2, 0) is 11.2 Å². The van der Waals surface area contributed by atoms with Crippen molar-refractivity contribution in [3.63, 3.8) is 0 Å². The zero-order valence-electron chi connectivity index (χ0n) is 16.1. The van der Waals surface area contributed by atoms with Crippen molar-refractivity contribution >= 4 is 5.91 Å². The second-order valence-corrected chi connectivity index (χ2v) is 7.02. The molecule has 0 aromatic heterocycles. The molecule has 4 nitrogen and oxygen atoms in total. The van der Waals surface area contributed by atoms with Gasteiger partial charge < -0.3 is 15.2 Å². The lowest BCUT2D eigenvalue weighted by Crippen LogP contribution is -2.37. The van der Waals surface area contributed by atoms with Gasteiger partial charge in [-0.3, -0.25) is 4.79 Å². The van der Waals surface area contributed by atoms with E-state index in [-0.39, 0.29) is 11.7 Å². The number of hydrogen-bond acceptors (Lipinski definition) is 3. The van der Waals surface area contributed by atoms with Crippen molar-refractivity contribution in [2.45, 2.75) is 52.6 Å². The molecule has 0 radical (unpaired) electrons. The molecule has 26 heavy (non-hydrogen) atoms. The van der Waals surface area contributed by atoms with Crippen LogP contribution in [0, 0.1) is 6.92 Å². The zero-order chi connectivity index (χ0) is 19.1. The summed E-state index contributed by atoms with van der Waals surface area (Å²) < 4.78 is 5.94. The minimum absolute atomic E-state index is 0.105. The smallest absolute Gasteiger partial charge is 0.260 e. The number of phenols is 1. The van der Waals surface area contributed by atoms with Gasteiger partial charge in [0.2, 0.25) is 0 Å². The molecule has 140 valence electrons. The molecule has 2 rings (SSSR count). The fourth-order valence-electron chi connectivity index (χ4n) is 2.78. The number of amides is 1. The van der Waals surface area contributed by atoms with Crippen LogP contribution in [0.15, 0.2) is 42.5 Å². The number of carbonyl (C=O) groups excluding carboxylic acids is 1. The van der Waals surface area contributed by atoms with Gasteiger partial charge in [-0.05, 0) is 67.5 Å². The average Bonchev–Trinajstić information content (AvgIpc) is 2.59. The molecular weight excluding hydrogens is 326 g/mol. The Bertz CT molecular complexity index is 723. The zero-order valence-corrected chi connectivity index (χ0v) is 16.1. The molecule has 0 spiro atoms. The fourth-order valence-corrected chi connectivity index (χ4v) is 2.78. The molecule has 0 bridgehead atoms. The van der Waals surface area contributed by atoms with Gasteiger partial charge >= 0.3 is 0 Å². The van der Waals surface area contributed by atoms with E-state index in [0.29, 0.717) is 12.5 Å². The molecule has 0 heterocycles. The number of ether oxygens (including phenoxy) is 1. The maximum absolute atomic E-state index is 12.3. The van der Waals surface area contributed by atoms with E-state index in [9.17, 15) is 9.90 Å². The summed E-state index contributed by atoms with van der Waals surface area (Å²) in [6.45, 7) is 8.63. The molecule has 1 unspecified atom stereocenters. The Labute approximate surface area is 156 Å². The Kier molecular flexibility index (Phi) is 7.07. The summed E-state index contributed by atoms with van der Waals surface area (Å²) in [5, 5.41) is 12.2. The second-order valence-electron chi connectivity index (χ2n) is 7.02. The van der Waals surface area contributed by atoms with Crippen LogP contribution in [0.3, 0.4) is 0 Å². The number of aromatic hydroxyl groups is 1. The average molecular weight is 355 g/mol. The number of phenolic OH excluding ortho intramolecular Hbond substituents is 1. The summed E-state index contributed by atoms with van der Waals surface area (Å²) in [5.41, 5.74) is 3.37. The van der Waals surface area contributed by atoms with Crippen LogP contribution in [0.2, 0.25) is 0 Å². The van der Waals surface area contributed by atoms with Gasteiger partial charge in [0.05, 0.1) is 0 Å². The van der Waals surface area contributed by atoms with Crippen molar-refractivity contribution in [1.82, 2.24) is 5.32 Å². The molecular formula is C22H29NO3. The molecule has 0 aliphatic rings.